The van der Waals surface area contributed by atoms with Gasteiger partial charge in [-0.05, 0) is 32.2 Å². The highest BCUT2D eigenvalue weighted by Crippen LogP contribution is 2.17. The van der Waals surface area contributed by atoms with Crippen LogP contribution in [0.5, 0.6) is 0 Å². The van der Waals surface area contributed by atoms with Crippen molar-refractivity contribution < 1.29 is 9.90 Å². The molecule has 0 spiro atoms. The number of aliphatic hydroxyl groups excluding tert-OH is 1. The molecule has 1 fully saturated rings. The van der Waals surface area contributed by atoms with Crippen molar-refractivity contribution >= 4 is 5.91 Å². The molecule has 1 aliphatic rings. The van der Waals surface area contributed by atoms with Crippen LogP contribution in [-0.4, -0.2) is 41.1 Å². The minimum absolute atomic E-state index is 0.188. The van der Waals surface area contributed by atoms with E-state index >= 15 is 0 Å². The molecule has 4 nitrogen and oxygen atoms in total. The highest BCUT2D eigenvalue weighted by molar-refractivity contribution is 5.79. The fourth-order valence-corrected chi connectivity index (χ4v) is 2.20. The van der Waals surface area contributed by atoms with Gasteiger partial charge in [-0.2, -0.15) is 0 Å². The minimum atomic E-state index is -0.391. The lowest BCUT2D eigenvalue weighted by molar-refractivity contribution is -0.125. The van der Waals surface area contributed by atoms with Crippen molar-refractivity contribution in [2.45, 2.75) is 44.2 Å². The molecule has 0 aromatic heterocycles. The first-order valence-electron chi connectivity index (χ1n) is 5.97. The number of aliphatic hydroxyl groups is 1. The van der Waals surface area contributed by atoms with Gasteiger partial charge in [-0.25, -0.2) is 0 Å². The van der Waals surface area contributed by atoms with Gasteiger partial charge in [0, 0.05) is 6.54 Å². The van der Waals surface area contributed by atoms with Gasteiger partial charge >= 0.3 is 0 Å². The van der Waals surface area contributed by atoms with Crippen molar-refractivity contribution in [1.29, 1.82) is 0 Å². The average molecular weight is 226 g/mol. The number of amides is 1. The second kappa shape index (κ2) is 6.66. The molecule has 4 heteroatoms. The number of carbonyl (C=O) groups is 1. The maximum Gasteiger partial charge on any atom is 0.234 e. The highest BCUT2D eigenvalue weighted by Gasteiger charge is 2.27. The monoisotopic (exact) mass is 226 g/mol. The average Bonchev–Trinajstić information content (AvgIpc) is 2.27. The normalized spacial score (nSPS) is 23.9. The number of hydrogen-bond donors (Lipinski definition) is 2. The van der Waals surface area contributed by atoms with Gasteiger partial charge in [0.1, 0.15) is 0 Å². The summed E-state index contributed by atoms with van der Waals surface area (Å²) in [5.41, 5.74) is 5.36. The summed E-state index contributed by atoms with van der Waals surface area (Å²) in [5.74, 6) is -0.268. The second-order valence-electron chi connectivity index (χ2n) is 4.43. The molecule has 2 unspecified atom stereocenters. The van der Waals surface area contributed by atoms with Crippen LogP contribution in [0.1, 0.15) is 32.1 Å². The van der Waals surface area contributed by atoms with E-state index in [0.717, 1.165) is 32.2 Å². The third kappa shape index (κ3) is 3.94. The Morgan fingerprint density at radius 2 is 2.38 bits per heavy atom. The number of carbonyl (C=O) groups excluding carboxylic acids is 1. The summed E-state index contributed by atoms with van der Waals surface area (Å²) in [6.07, 6.45) is 5.86. The summed E-state index contributed by atoms with van der Waals surface area (Å²) in [6.45, 7) is 5.03. The van der Waals surface area contributed by atoms with E-state index < -0.39 is 6.10 Å². The smallest absolute Gasteiger partial charge is 0.234 e. The van der Waals surface area contributed by atoms with Crippen molar-refractivity contribution in [1.82, 2.24) is 4.90 Å². The van der Waals surface area contributed by atoms with Gasteiger partial charge in [0.25, 0.3) is 0 Å². The van der Waals surface area contributed by atoms with Crippen LogP contribution in [-0.2, 0) is 4.79 Å². The van der Waals surface area contributed by atoms with Crippen LogP contribution < -0.4 is 5.73 Å². The number of β-amino-alcohol motifs (C(OH)–C–C–N with tert-alkyl or cyclic N) is 1. The van der Waals surface area contributed by atoms with Crippen LogP contribution in [0.3, 0.4) is 0 Å². The predicted octanol–water partition coefficient (Wildman–Crippen LogP) is 0.653. The van der Waals surface area contributed by atoms with Gasteiger partial charge < -0.3 is 10.8 Å². The first kappa shape index (κ1) is 13.2. The molecule has 0 saturated carbocycles. The molecule has 0 aliphatic carbocycles. The number of rotatable bonds is 6. The van der Waals surface area contributed by atoms with Crippen LogP contribution in [0.2, 0.25) is 0 Å². The van der Waals surface area contributed by atoms with E-state index in [2.05, 4.69) is 6.58 Å². The first-order valence-corrected chi connectivity index (χ1v) is 5.97. The summed E-state index contributed by atoms with van der Waals surface area (Å²) in [7, 11) is 0. The van der Waals surface area contributed by atoms with E-state index in [0.29, 0.717) is 13.0 Å². The van der Waals surface area contributed by atoms with Gasteiger partial charge in [0.05, 0.1) is 12.1 Å². The van der Waals surface area contributed by atoms with Crippen molar-refractivity contribution in [2.24, 2.45) is 5.73 Å². The van der Waals surface area contributed by atoms with Gasteiger partial charge in [-0.15, -0.1) is 6.58 Å². The molecule has 0 radical (unpaired) electrons. The zero-order chi connectivity index (χ0) is 12.0. The third-order valence-corrected chi connectivity index (χ3v) is 3.09. The molecule has 92 valence electrons. The molecular weight excluding hydrogens is 204 g/mol. The van der Waals surface area contributed by atoms with Gasteiger partial charge in [-0.1, -0.05) is 12.5 Å². The molecule has 1 rings (SSSR count). The Balaban J connectivity index is 2.42. The van der Waals surface area contributed by atoms with E-state index in [1.807, 2.05) is 4.90 Å². The lowest BCUT2D eigenvalue weighted by Crippen LogP contribution is -2.50. The topological polar surface area (TPSA) is 66.6 Å². The standard InChI is InChI=1S/C12H22N2O2/c1-2-3-6-10(15)9-14-8-5-4-7-11(14)12(13)16/h2,10-11,15H,1,3-9H2,(H2,13,16). The Bertz CT molecular complexity index is 243. The summed E-state index contributed by atoms with van der Waals surface area (Å²) in [6, 6.07) is -0.188. The molecule has 0 bridgehead atoms. The highest BCUT2D eigenvalue weighted by atomic mass is 16.3. The molecule has 16 heavy (non-hydrogen) atoms. The maximum absolute atomic E-state index is 11.2. The number of nitrogens with zero attached hydrogens (tertiary/aromatic N) is 1. The molecule has 1 amide bonds. The number of allylic oxidation sites excluding steroid dienone is 1. The fourth-order valence-electron chi connectivity index (χ4n) is 2.20. The molecule has 0 aromatic rings. The Hall–Kier alpha value is -0.870. The number of likely N-dealkylation sites (tertiary alicyclic amines) is 1. The van der Waals surface area contributed by atoms with Crippen LogP contribution in [0.4, 0.5) is 0 Å². The predicted molar refractivity (Wildman–Crippen MR) is 63.8 cm³/mol. The fraction of sp³-hybridized carbons (Fsp3) is 0.750. The van der Waals surface area contributed by atoms with E-state index in [1.54, 1.807) is 6.08 Å². The Morgan fingerprint density at radius 1 is 1.62 bits per heavy atom. The van der Waals surface area contributed by atoms with Crippen molar-refractivity contribution in [3.05, 3.63) is 12.7 Å². The summed E-state index contributed by atoms with van der Waals surface area (Å²) >= 11 is 0. The number of nitrogens with two attached hydrogens (primary N) is 1. The molecule has 1 aliphatic heterocycles. The Morgan fingerprint density at radius 3 is 3.00 bits per heavy atom. The van der Waals surface area contributed by atoms with Crippen LogP contribution >= 0.6 is 0 Å². The van der Waals surface area contributed by atoms with Crippen LogP contribution in [0.25, 0.3) is 0 Å². The lowest BCUT2D eigenvalue weighted by Gasteiger charge is -2.34. The molecule has 2 atom stereocenters. The quantitative estimate of drug-likeness (QED) is 0.654. The molecule has 0 aromatic carbocycles. The summed E-state index contributed by atoms with van der Waals surface area (Å²) in [4.78, 5) is 13.3. The first-order chi connectivity index (χ1) is 7.65. The van der Waals surface area contributed by atoms with Crippen LogP contribution in [0, 0.1) is 0 Å². The minimum Gasteiger partial charge on any atom is -0.392 e. The Kier molecular flexibility index (Phi) is 5.49. The largest absolute Gasteiger partial charge is 0.392 e. The summed E-state index contributed by atoms with van der Waals surface area (Å²) < 4.78 is 0. The van der Waals surface area contributed by atoms with Crippen molar-refractivity contribution in [3.63, 3.8) is 0 Å². The molecule has 1 saturated heterocycles. The molecule has 1 heterocycles. The van der Waals surface area contributed by atoms with E-state index in [-0.39, 0.29) is 11.9 Å². The van der Waals surface area contributed by atoms with Gasteiger partial charge in [0.2, 0.25) is 5.91 Å². The zero-order valence-electron chi connectivity index (χ0n) is 9.77. The Labute approximate surface area is 97.1 Å². The van der Waals surface area contributed by atoms with Gasteiger partial charge in [-0.3, -0.25) is 9.69 Å². The van der Waals surface area contributed by atoms with Crippen LogP contribution in [0.15, 0.2) is 12.7 Å². The lowest BCUT2D eigenvalue weighted by atomic mass is 10.0. The van der Waals surface area contributed by atoms with Crippen molar-refractivity contribution in [3.8, 4) is 0 Å². The van der Waals surface area contributed by atoms with E-state index in [1.165, 1.54) is 0 Å². The number of hydrogen-bond acceptors (Lipinski definition) is 3. The van der Waals surface area contributed by atoms with Gasteiger partial charge in [0.15, 0.2) is 0 Å². The number of primary amides is 1. The molecular formula is C12H22N2O2. The van der Waals surface area contributed by atoms with E-state index in [9.17, 15) is 9.90 Å². The van der Waals surface area contributed by atoms with Crippen molar-refractivity contribution in [2.75, 3.05) is 13.1 Å². The van der Waals surface area contributed by atoms with E-state index in [4.69, 9.17) is 5.73 Å². The SMILES string of the molecule is C=CCCC(O)CN1CCCCC1C(N)=O. The molecule has 3 N–H and O–H groups in total. The maximum atomic E-state index is 11.2. The zero-order valence-corrected chi connectivity index (χ0v) is 9.77. The third-order valence-electron chi connectivity index (χ3n) is 3.09. The number of piperidine rings is 1. The summed E-state index contributed by atoms with van der Waals surface area (Å²) in [5, 5.41) is 9.79. The second-order valence-corrected chi connectivity index (χ2v) is 4.43.